The van der Waals surface area contributed by atoms with Crippen LogP contribution in [0.2, 0.25) is 0 Å². The molecule has 3 aromatic carbocycles. The number of fused-ring (bicyclic) bond motifs is 2. The molecule has 8 heteroatoms. The minimum Gasteiger partial charge on any atom is -0.497 e. The molecule has 4 amide bonds. The predicted octanol–water partition coefficient (Wildman–Crippen LogP) is 3.30. The summed E-state index contributed by atoms with van der Waals surface area (Å²) in [5.74, 6) is -1.32. The highest BCUT2D eigenvalue weighted by Crippen LogP contribution is 2.28. The van der Waals surface area contributed by atoms with E-state index in [0.29, 0.717) is 18.0 Å². The molecule has 0 unspecified atom stereocenters. The van der Waals surface area contributed by atoms with E-state index < -0.39 is 24.3 Å². The molecule has 2 aliphatic rings. The molecule has 2 aliphatic heterocycles. The number of imide groups is 1. The van der Waals surface area contributed by atoms with Crippen molar-refractivity contribution in [2.45, 2.75) is 12.8 Å². The van der Waals surface area contributed by atoms with Crippen LogP contribution in [0.25, 0.3) is 0 Å². The van der Waals surface area contributed by atoms with Crippen LogP contribution < -0.4 is 14.5 Å². The molecule has 0 fully saturated rings. The van der Waals surface area contributed by atoms with Crippen molar-refractivity contribution in [3.05, 3.63) is 89.5 Å². The maximum atomic E-state index is 13.6. The molecule has 0 bridgehead atoms. The van der Waals surface area contributed by atoms with Crippen LogP contribution in [-0.4, -0.2) is 55.3 Å². The molecule has 0 atom stereocenters. The zero-order valence-corrected chi connectivity index (χ0v) is 19.8. The quantitative estimate of drug-likeness (QED) is 0.502. The molecule has 0 N–H and O–H groups in total. The van der Waals surface area contributed by atoms with Crippen molar-refractivity contribution in [1.29, 1.82) is 0 Å². The number of hydrogen-bond acceptors (Lipinski definition) is 5. The molecule has 0 aromatic heterocycles. The average Bonchev–Trinajstić information content (AvgIpc) is 3.16. The van der Waals surface area contributed by atoms with Gasteiger partial charge in [0, 0.05) is 24.0 Å². The summed E-state index contributed by atoms with van der Waals surface area (Å²) in [5.41, 5.74) is 2.90. The van der Waals surface area contributed by atoms with E-state index in [2.05, 4.69) is 0 Å². The number of ether oxygens (including phenoxy) is 1. The van der Waals surface area contributed by atoms with E-state index in [1.165, 1.54) is 12.0 Å². The summed E-state index contributed by atoms with van der Waals surface area (Å²) in [7, 11) is 1.51. The zero-order chi connectivity index (χ0) is 25.2. The lowest BCUT2D eigenvalue weighted by Gasteiger charge is -2.32. The maximum Gasteiger partial charge on any atom is 0.262 e. The number of carbonyl (C=O) groups excluding carboxylic acids is 4. The first-order chi connectivity index (χ1) is 17.5. The van der Waals surface area contributed by atoms with Gasteiger partial charge in [-0.25, -0.2) is 0 Å². The van der Waals surface area contributed by atoms with Gasteiger partial charge in [-0.2, -0.15) is 0 Å². The highest BCUT2D eigenvalue weighted by Gasteiger charge is 2.38. The summed E-state index contributed by atoms with van der Waals surface area (Å²) in [6, 6.07) is 21.0. The molecule has 0 spiro atoms. The molecule has 0 saturated heterocycles. The van der Waals surface area contributed by atoms with Crippen molar-refractivity contribution in [2.24, 2.45) is 0 Å². The normalized spacial score (nSPS) is 14.4. The number of anilines is 2. The Labute approximate surface area is 208 Å². The summed E-state index contributed by atoms with van der Waals surface area (Å²) in [6.07, 6.45) is 1.71. The summed E-state index contributed by atoms with van der Waals surface area (Å²) >= 11 is 0. The van der Waals surface area contributed by atoms with E-state index in [0.717, 1.165) is 29.0 Å². The first-order valence-corrected chi connectivity index (χ1v) is 11.8. The highest BCUT2D eigenvalue weighted by atomic mass is 16.5. The summed E-state index contributed by atoms with van der Waals surface area (Å²) in [4.78, 5) is 56.7. The van der Waals surface area contributed by atoms with Crippen molar-refractivity contribution >= 4 is 35.0 Å². The maximum absolute atomic E-state index is 13.6. The van der Waals surface area contributed by atoms with Gasteiger partial charge in [0.05, 0.1) is 18.2 Å². The van der Waals surface area contributed by atoms with Gasteiger partial charge in [0.15, 0.2) is 0 Å². The summed E-state index contributed by atoms with van der Waals surface area (Å²) in [6.45, 7) is -0.175. The molecule has 3 aromatic rings. The van der Waals surface area contributed by atoms with Gasteiger partial charge in [-0.05, 0) is 48.7 Å². The highest BCUT2D eigenvalue weighted by molar-refractivity contribution is 6.23. The van der Waals surface area contributed by atoms with Crippen molar-refractivity contribution < 1.29 is 23.9 Å². The fourth-order valence-corrected chi connectivity index (χ4v) is 4.72. The lowest BCUT2D eigenvalue weighted by molar-refractivity contribution is -0.122. The lowest BCUT2D eigenvalue weighted by Crippen LogP contribution is -2.48. The minimum absolute atomic E-state index is 0.247. The topological polar surface area (TPSA) is 87.2 Å². The largest absolute Gasteiger partial charge is 0.497 e. The Morgan fingerprint density at radius 2 is 1.61 bits per heavy atom. The molecule has 5 rings (SSSR count). The van der Waals surface area contributed by atoms with Gasteiger partial charge in [0.1, 0.15) is 18.8 Å². The Hall–Kier alpha value is -4.46. The molecule has 36 heavy (non-hydrogen) atoms. The van der Waals surface area contributed by atoms with Gasteiger partial charge in [-0.1, -0.05) is 36.4 Å². The summed E-state index contributed by atoms with van der Waals surface area (Å²) in [5, 5.41) is 0. The standard InChI is InChI=1S/C28H25N3O5/c1-36-21-11-6-10-20(16-21)30(17-25(32)29-15-7-9-19-8-2-5-14-24(19)29)26(33)18-31-27(34)22-12-3-4-13-23(22)28(31)35/h2-6,8,10-14,16H,7,9,15,17-18H2,1H3. The van der Waals surface area contributed by atoms with E-state index in [4.69, 9.17) is 4.74 Å². The number of nitrogens with zero attached hydrogens (tertiary/aromatic N) is 3. The van der Waals surface area contributed by atoms with Crippen LogP contribution in [0, 0.1) is 0 Å². The SMILES string of the molecule is COc1cccc(N(CC(=O)N2CCCc3ccccc32)C(=O)CN2C(=O)c3ccccc3C2=O)c1. The molecule has 182 valence electrons. The molecule has 0 saturated carbocycles. The number of para-hydroxylation sites is 1. The third kappa shape index (κ3) is 4.22. The Morgan fingerprint density at radius 3 is 2.33 bits per heavy atom. The van der Waals surface area contributed by atoms with Gasteiger partial charge < -0.3 is 14.5 Å². The van der Waals surface area contributed by atoms with E-state index in [-0.39, 0.29) is 23.6 Å². The zero-order valence-electron chi connectivity index (χ0n) is 19.8. The fourth-order valence-electron chi connectivity index (χ4n) is 4.72. The van der Waals surface area contributed by atoms with Crippen LogP contribution in [0.4, 0.5) is 11.4 Å². The number of aryl methyl sites for hydroxylation is 1. The van der Waals surface area contributed by atoms with E-state index >= 15 is 0 Å². The van der Waals surface area contributed by atoms with Crippen LogP contribution in [0.15, 0.2) is 72.8 Å². The smallest absolute Gasteiger partial charge is 0.262 e. The second kappa shape index (κ2) is 9.65. The van der Waals surface area contributed by atoms with Gasteiger partial charge >= 0.3 is 0 Å². The molecule has 0 aliphatic carbocycles. The first kappa shape index (κ1) is 23.3. The molecular formula is C28H25N3O5. The van der Waals surface area contributed by atoms with Gasteiger partial charge in [-0.3, -0.25) is 24.1 Å². The average molecular weight is 484 g/mol. The molecule has 0 radical (unpaired) electrons. The second-order valence-corrected chi connectivity index (χ2v) is 8.70. The molecule has 8 nitrogen and oxygen atoms in total. The van der Waals surface area contributed by atoms with Crippen molar-refractivity contribution in [2.75, 3.05) is 36.5 Å². The number of hydrogen-bond donors (Lipinski definition) is 0. The van der Waals surface area contributed by atoms with Crippen molar-refractivity contribution in [3.8, 4) is 5.75 Å². The fraction of sp³-hybridized carbons (Fsp3) is 0.214. The van der Waals surface area contributed by atoms with Gasteiger partial charge in [0.25, 0.3) is 11.8 Å². The Morgan fingerprint density at radius 1 is 0.917 bits per heavy atom. The van der Waals surface area contributed by atoms with Crippen LogP contribution in [-0.2, 0) is 16.0 Å². The van der Waals surface area contributed by atoms with E-state index in [1.807, 2.05) is 24.3 Å². The Kier molecular flexibility index (Phi) is 6.25. The van der Waals surface area contributed by atoms with Crippen LogP contribution >= 0.6 is 0 Å². The third-order valence-electron chi connectivity index (χ3n) is 6.54. The van der Waals surface area contributed by atoms with Crippen LogP contribution in [0.5, 0.6) is 5.75 Å². The third-order valence-corrected chi connectivity index (χ3v) is 6.54. The van der Waals surface area contributed by atoms with E-state index in [1.54, 1.807) is 53.4 Å². The van der Waals surface area contributed by atoms with Crippen molar-refractivity contribution in [3.63, 3.8) is 0 Å². The number of rotatable bonds is 6. The number of benzene rings is 3. The number of amides is 4. The van der Waals surface area contributed by atoms with E-state index in [9.17, 15) is 19.2 Å². The van der Waals surface area contributed by atoms with Crippen LogP contribution in [0.1, 0.15) is 32.7 Å². The Balaban J connectivity index is 1.43. The first-order valence-electron chi connectivity index (χ1n) is 11.8. The molecular weight excluding hydrogens is 458 g/mol. The predicted molar refractivity (Wildman–Crippen MR) is 134 cm³/mol. The Bertz CT molecular complexity index is 1330. The monoisotopic (exact) mass is 483 g/mol. The lowest BCUT2D eigenvalue weighted by atomic mass is 10.0. The van der Waals surface area contributed by atoms with Crippen LogP contribution in [0.3, 0.4) is 0 Å². The number of methoxy groups -OCH3 is 1. The van der Waals surface area contributed by atoms with Crippen molar-refractivity contribution in [1.82, 2.24) is 4.90 Å². The summed E-state index contributed by atoms with van der Waals surface area (Å²) < 4.78 is 5.31. The van der Waals surface area contributed by atoms with Gasteiger partial charge in [-0.15, -0.1) is 0 Å². The second-order valence-electron chi connectivity index (χ2n) is 8.70. The van der Waals surface area contributed by atoms with Gasteiger partial charge in [0.2, 0.25) is 11.8 Å². The number of carbonyl (C=O) groups is 4. The minimum atomic E-state index is -0.545. The molecule has 2 heterocycles.